The van der Waals surface area contributed by atoms with Crippen molar-refractivity contribution in [3.8, 4) is 22.9 Å². The third-order valence-corrected chi connectivity index (χ3v) is 4.92. The van der Waals surface area contributed by atoms with E-state index < -0.39 is 0 Å². The molecule has 1 aromatic carbocycles. The van der Waals surface area contributed by atoms with Crippen molar-refractivity contribution in [3.05, 3.63) is 39.9 Å². The van der Waals surface area contributed by atoms with Crippen LogP contribution in [0.2, 0.25) is 5.02 Å². The summed E-state index contributed by atoms with van der Waals surface area (Å²) in [5, 5.41) is 11.0. The molecule has 1 aliphatic rings. The molecule has 0 radical (unpaired) electrons. The number of amides is 1. The smallest absolute Gasteiger partial charge is 0.227 e. The van der Waals surface area contributed by atoms with E-state index in [0.29, 0.717) is 53.6 Å². The second kappa shape index (κ2) is 7.98. The number of anilines is 1. The third kappa shape index (κ3) is 4.23. The molecule has 4 rings (SSSR count). The lowest BCUT2D eigenvalue weighted by molar-refractivity contribution is -0.116. The van der Waals surface area contributed by atoms with Gasteiger partial charge in [0.2, 0.25) is 17.6 Å². The number of thiophene rings is 1. The molecule has 7 nitrogen and oxygen atoms in total. The maximum absolute atomic E-state index is 12.3. The monoisotopic (exact) mass is 405 g/mol. The number of aromatic nitrogens is 2. The van der Waals surface area contributed by atoms with Crippen LogP contribution in [0.5, 0.6) is 11.5 Å². The van der Waals surface area contributed by atoms with Gasteiger partial charge in [-0.3, -0.25) is 4.79 Å². The summed E-state index contributed by atoms with van der Waals surface area (Å²) in [6.07, 6.45) is 1.33. The summed E-state index contributed by atoms with van der Waals surface area (Å²) in [5.41, 5.74) is 1.38. The van der Waals surface area contributed by atoms with Crippen molar-refractivity contribution in [1.82, 2.24) is 10.1 Å². The number of nitrogens with zero attached hydrogens (tertiary/aromatic N) is 2. The molecule has 0 aliphatic carbocycles. The van der Waals surface area contributed by atoms with Gasteiger partial charge in [0.1, 0.15) is 0 Å². The van der Waals surface area contributed by atoms with Crippen molar-refractivity contribution in [3.63, 3.8) is 0 Å². The van der Waals surface area contributed by atoms with Gasteiger partial charge >= 0.3 is 0 Å². The van der Waals surface area contributed by atoms with Crippen molar-refractivity contribution >= 4 is 34.5 Å². The molecule has 3 heterocycles. The molecule has 0 saturated heterocycles. The Morgan fingerprint density at radius 1 is 1.26 bits per heavy atom. The highest BCUT2D eigenvalue weighted by Crippen LogP contribution is 2.37. The van der Waals surface area contributed by atoms with Gasteiger partial charge in [0, 0.05) is 42.3 Å². The van der Waals surface area contributed by atoms with E-state index in [1.54, 1.807) is 23.5 Å². The predicted molar refractivity (Wildman–Crippen MR) is 102 cm³/mol. The molecular weight excluding hydrogens is 390 g/mol. The first-order chi connectivity index (χ1) is 13.2. The molecule has 0 fully saturated rings. The first-order valence-corrected chi connectivity index (χ1v) is 9.75. The SMILES string of the molecule is O=C(CCc1nc(-c2ccsc2)no1)Nc1cc2c(cc1Cl)OCCCO2. The molecule has 9 heteroatoms. The normalized spacial score (nSPS) is 13.2. The molecule has 0 saturated carbocycles. The van der Waals surface area contributed by atoms with Gasteiger partial charge in [-0.25, -0.2) is 0 Å². The van der Waals surface area contributed by atoms with E-state index in [4.69, 9.17) is 25.6 Å². The lowest BCUT2D eigenvalue weighted by Gasteiger charge is -2.12. The summed E-state index contributed by atoms with van der Waals surface area (Å²) < 4.78 is 16.4. The standard InChI is InChI=1S/C18H16ClN3O4S/c19-12-8-14-15(25-6-1-5-24-14)9-13(12)20-16(23)2-3-17-21-18(22-26-17)11-4-7-27-10-11/h4,7-10H,1-3,5-6H2,(H,20,23). The Balaban J connectivity index is 1.38. The van der Waals surface area contributed by atoms with Gasteiger partial charge in [-0.05, 0) is 11.4 Å². The van der Waals surface area contributed by atoms with Crippen LogP contribution in [-0.2, 0) is 11.2 Å². The number of carbonyl (C=O) groups excluding carboxylic acids is 1. The highest BCUT2D eigenvalue weighted by Gasteiger charge is 2.16. The Labute approximate surface area is 164 Å². The summed E-state index contributed by atoms with van der Waals surface area (Å²) in [4.78, 5) is 16.6. The van der Waals surface area contributed by atoms with Crippen molar-refractivity contribution in [2.24, 2.45) is 0 Å². The second-order valence-electron chi connectivity index (χ2n) is 5.90. The van der Waals surface area contributed by atoms with E-state index in [-0.39, 0.29) is 12.3 Å². The minimum Gasteiger partial charge on any atom is -0.490 e. The number of halogens is 1. The number of fused-ring (bicyclic) bond motifs is 1. The van der Waals surface area contributed by atoms with Crippen LogP contribution in [0.4, 0.5) is 5.69 Å². The molecule has 2 aromatic heterocycles. The lowest BCUT2D eigenvalue weighted by atomic mass is 10.2. The highest BCUT2D eigenvalue weighted by atomic mass is 35.5. The Bertz CT molecular complexity index is 942. The minimum absolute atomic E-state index is 0.191. The van der Waals surface area contributed by atoms with Gasteiger partial charge in [-0.2, -0.15) is 16.3 Å². The molecule has 3 aromatic rings. The summed E-state index contributed by atoms with van der Waals surface area (Å²) in [6.45, 7) is 1.14. The molecular formula is C18H16ClN3O4S. The van der Waals surface area contributed by atoms with Crippen molar-refractivity contribution in [1.29, 1.82) is 0 Å². The molecule has 1 amide bonds. The van der Waals surface area contributed by atoms with E-state index in [2.05, 4.69) is 15.5 Å². The Kier molecular flexibility index (Phi) is 5.26. The maximum atomic E-state index is 12.3. The average molecular weight is 406 g/mol. The molecule has 140 valence electrons. The molecule has 0 bridgehead atoms. The summed E-state index contributed by atoms with van der Waals surface area (Å²) in [6, 6.07) is 5.25. The van der Waals surface area contributed by atoms with Crippen LogP contribution in [0.25, 0.3) is 11.4 Å². The molecule has 1 N–H and O–H groups in total. The van der Waals surface area contributed by atoms with Crippen LogP contribution in [0.3, 0.4) is 0 Å². The number of hydrogen-bond acceptors (Lipinski definition) is 7. The zero-order valence-corrected chi connectivity index (χ0v) is 15.8. The van der Waals surface area contributed by atoms with Crippen LogP contribution < -0.4 is 14.8 Å². The highest BCUT2D eigenvalue weighted by molar-refractivity contribution is 7.08. The number of carbonyl (C=O) groups is 1. The van der Waals surface area contributed by atoms with Crippen LogP contribution >= 0.6 is 22.9 Å². The summed E-state index contributed by atoms with van der Waals surface area (Å²) >= 11 is 7.80. The van der Waals surface area contributed by atoms with E-state index in [1.807, 2.05) is 16.8 Å². The van der Waals surface area contributed by atoms with Gasteiger partial charge in [0.05, 0.1) is 23.9 Å². The van der Waals surface area contributed by atoms with Crippen LogP contribution in [-0.4, -0.2) is 29.3 Å². The summed E-state index contributed by atoms with van der Waals surface area (Å²) in [7, 11) is 0. The van der Waals surface area contributed by atoms with Crippen LogP contribution in [0, 0.1) is 0 Å². The number of nitrogens with one attached hydrogen (secondary N) is 1. The summed E-state index contributed by atoms with van der Waals surface area (Å²) in [5.74, 6) is 1.89. The molecule has 0 atom stereocenters. The molecule has 0 unspecified atom stereocenters. The number of ether oxygens (including phenoxy) is 2. The topological polar surface area (TPSA) is 86.5 Å². The van der Waals surface area contributed by atoms with Gasteiger partial charge in [-0.15, -0.1) is 0 Å². The van der Waals surface area contributed by atoms with Crippen molar-refractivity contribution < 1.29 is 18.8 Å². The molecule has 1 aliphatic heterocycles. The fourth-order valence-electron chi connectivity index (χ4n) is 2.58. The largest absolute Gasteiger partial charge is 0.490 e. The minimum atomic E-state index is -0.207. The predicted octanol–water partition coefficient (Wildman–Crippen LogP) is 4.18. The fraction of sp³-hybridized carbons (Fsp3) is 0.278. The second-order valence-corrected chi connectivity index (χ2v) is 7.09. The number of hydrogen-bond donors (Lipinski definition) is 1. The number of benzene rings is 1. The first-order valence-electron chi connectivity index (χ1n) is 8.43. The van der Waals surface area contributed by atoms with E-state index in [0.717, 1.165) is 12.0 Å². The average Bonchev–Trinajstić information content (AvgIpc) is 3.30. The van der Waals surface area contributed by atoms with Gasteiger partial charge < -0.3 is 19.3 Å². The van der Waals surface area contributed by atoms with Crippen molar-refractivity contribution in [2.45, 2.75) is 19.3 Å². The van der Waals surface area contributed by atoms with Crippen LogP contribution in [0.15, 0.2) is 33.5 Å². The van der Waals surface area contributed by atoms with Gasteiger partial charge in [0.25, 0.3) is 0 Å². The first kappa shape index (κ1) is 17.8. The Morgan fingerprint density at radius 3 is 2.85 bits per heavy atom. The zero-order valence-electron chi connectivity index (χ0n) is 14.2. The van der Waals surface area contributed by atoms with E-state index >= 15 is 0 Å². The third-order valence-electron chi connectivity index (χ3n) is 3.92. The van der Waals surface area contributed by atoms with Crippen molar-refractivity contribution in [2.75, 3.05) is 18.5 Å². The zero-order chi connectivity index (χ0) is 18.6. The van der Waals surface area contributed by atoms with Crippen LogP contribution in [0.1, 0.15) is 18.7 Å². The van der Waals surface area contributed by atoms with Gasteiger partial charge in [0.15, 0.2) is 11.5 Å². The van der Waals surface area contributed by atoms with E-state index in [1.165, 1.54) is 0 Å². The van der Waals surface area contributed by atoms with E-state index in [9.17, 15) is 4.79 Å². The Hall–Kier alpha value is -2.58. The molecule has 0 spiro atoms. The lowest BCUT2D eigenvalue weighted by Crippen LogP contribution is -2.13. The molecule has 27 heavy (non-hydrogen) atoms. The maximum Gasteiger partial charge on any atom is 0.227 e. The Morgan fingerprint density at radius 2 is 2.07 bits per heavy atom. The fourth-order valence-corrected chi connectivity index (χ4v) is 3.41. The quantitative estimate of drug-likeness (QED) is 0.685. The number of aryl methyl sites for hydroxylation is 1. The van der Waals surface area contributed by atoms with Gasteiger partial charge in [-0.1, -0.05) is 16.8 Å². The number of rotatable bonds is 5.